The van der Waals surface area contributed by atoms with E-state index in [1.165, 1.54) is 5.56 Å². The number of aliphatic hydroxyl groups is 1. The van der Waals surface area contributed by atoms with E-state index in [2.05, 4.69) is 28.2 Å². The van der Waals surface area contributed by atoms with Crippen LogP contribution in [0.3, 0.4) is 0 Å². The average molecular weight is 358 g/mol. The quantitative estimate of drug-likeness (QED) is 0.787. The van der Waals surface area contributed by atoms with E-state index in [-0.39, 0.29) is 12.2 Å². The molecule has 4 nitrogen and oxygen atoms in total. The second kappa shape index (κ2) is 7.58. The maximum absolute atomic E-state index is 9.97. The number of aliphatic hydroxyl groups excluding tert-OH is 1. The van der Waals surface area contributed by atoms with Crippen LogP contribution < -0.4 is 10.1 Å². The Balaban J connectivity index is 1.68. The second-order valence-electron chi connectivity index (χ2n) is 5.93. The Hall–Kier alpha value is -0.620. The van der Waals surface area contributed by atoms with E-state index in [1.54, 1.807) is 0 Å². The van der Waals surface area contributed by atoms with E-state index < -0.39 is 6.10 Å². The minimum Gasteiger partial charge on any atom is -0.490 e. The first-order valence-corrected chi connectivity index (χ1v) is 8.19. The Kier molecular flexibility index (Phi) is 6.05. The van der Waals surface area contributed by atoms with Crippen LogP contribution in [0, 0.1) is 6.92 Å². The number of hydrogen-bond donors (Lipinski definition) is 2. The molecule has 1 heterocycles. The number of ether oxygens (including phenoxy) is 2. The van der Waals surface area contributed by atoms with Crippen LogP contribution in [0.2, 0.25) is 0 Å². The fourth-order valence-electron chi connectivity index (χ4n) is 2.45. The summed E-state index contributed by atoms with van der Waals surface area (Å²) in [7, 11) is 0. The van der Waals surface area contributed by atoms with Crippen molar-refractivity contribution in [3.8, 4) is 5.75 Å². The highest BCUT2D eigenvalue weighted by Crippen LogP contribution is 2.26. The number of nitrogens with one attached hydrogen (secondary N) is 1. The first kappa shape index (κ1) is 16.7. The summed E-state index contributed by atoms with van der Waals surface area (Å²) in [6.45, 7) is 6.51. The Morgan fingerprint density at radius 1 is 1.52 bits per heavy atom. The molecule has 0 bridgehead atoms. The number of halogens is 1. The minimum absolute atomic E-state index is 0.0828. The molecule has 5 heteroatoms. The summed E-state index contributed by atoms with van der Waals surface area (Å²) in [5.41, 5.74) is 1.09. The largest absolute Gasteiger partial charge is 0.490 e. The molecule has 118 valence electrons. The van der Waals surface area contributed by atoms with E-state index in [9.17, 15) is 5.11 Å². The third-order valence-electron chi connectivity index (χ3n) is 3.70. The van der Waals surface area contributed by atoms with Gasteiger partial charge >= 0.3 is 0 Å². The minimum atomic E-state index is -0.539. The van der Waals surface area contributed by atoms with Gasteiger partial charge in [0.15, 0.2) is 0 Å². The number of rotatable bonds is 7. The number of aryl methyl sites for hydroxylation is 1. The topological polar surface area (TPSA) is 50.7 Å². The maximum Gasteiger partial charge on any atom is 0.133 e. The summed E-state index contributed by atoms with van der Waals surface area (Å²) in [5.74, 6) is 0.755. The molecule has 0 amide bonds. The Morgan fingerprint density at radius 3 is 3.00 bits per heavy atom. The molecule has 0 saturated carbocycles. The average Bonchev–Trinajstić information content (AvgIpc) is 2.85. The first-order chi connectivity index (χ1) is 9.98. The van der Waals surface area contributed by atoms with E-state index in [0.717, 1.165) is 36.2 Å². The molecular weight excluding hydrogens is 334 g/mol. The summed E-state index contributed by atoms with van der Waals surface area (Å²) in [6.07, 6.45) is 1.65. The summed E-state index contributed by atoms with van der Waals surface area (Å²) in [5, 5.41) is 13.2. The van der Waals surface area contributed by atoms with Gasteiger partial charge in [-0.05, 0) is 60.3 Å². The van der Waals surface area contributed by atoms with Gasteiger partial charge in [-0.3, -0.25) is 0 Å². The molecule has 2 rings (SSSR count). The van der Waals surface area contributed by atoms with E-state index >= 15 is 0 Å². The molecule has 1 fully saturated rings. The summed E-state index contributed by atoms with van der Waals surface area (Å²) in [6, 6.07) is 5.90. The monoisotopic (exact) mass is 357 g/mol. The van der Waals surface area contributed by atoms with Crippen LogP contribution in [0.1, 0.15) is 25.3 Å². The highest BCUT2D eigenvalue weighted by atomic mass is 79.9. The fraction of sp³-hybridized carbons (Fsp3) is 0.625. The van der Waals surface area contributed by atoms with E-state index in [0.29, 0.717) is 6.54 Å². The lowest BCUT2D eigenvalue weighted by Gasteiger charge is -2.24. The van der Waals surface area contributed by atoms with Crippen molar-refractivity contribution in [1.29, 1.82) is 0 Å². The van der Waals surface area contributed by atoms with Crippen LogP contribution in [0.5, 0.6) is 5.75 Å². The van der Waals surface area contributed by atoms with Crippen molar-refractivity contribution in [2.24, 2.45) is 0 Å². The first-order valence-electron chi connectivity index (χ1n) is 7.40. The SMILES string of the molecule is Cc1ccc(OCC(O)CNCC2(C)CCCO2)c(Br)c1. The van der Waals surface area contributed by atoms with Gasteiger partial charge in [0.25, 0.3) is 0 Å². The van der Waals surface area contributed by atoms with Gasteiger partial charge in [-0.2, -0.15) is 0 Å². The highest BCUT2D eigenvalue weighted by Gasteiger charge is 2.29. The van der Waals surface area contributed by atoms with Gasteiger partial charge in [0, 0.05) is 19.7 Å². The zero-order valence-corrected chi connectivity index (χ0v) is 14.3. The van der Waals surface area contributed by atoms with Crippen LogP contribution in [-0.2, 0) is 4.74 Å². The summed E-state index contributed by atoms with van der Waals surface area (Å²) >= 11 is 3.46. The standard InChI is InChI=1S/C16H24BrNO3/c1-12-4-5-15(14(17)8-12)20-10-13(19)9-18-11-16(2)6-3-7-21-16/h4-5,8,13,18-19H,3,6-7,9-11H2,1-2H3. The van der Waals surface area contributed by atoms with E-state index in [1.807, 2.05) is 25.1 Å². The van der Waals surface area contributed by atoms with Crippen LogP contribution in [0.15, 0.2) is 22.7 Å². The molecule has 21 heavy (non-hydrogen) atoms. The number of hydrogen-bond acceptors (Lipinski definition) is 4. The smallest absolute Gasteiger partial charge is 0.133 e. The van der Waals surface area contributed by atoms with Crippen LogP contribution >= 0.6 is 15.9 Å². The van der Waals surface area contributed by atoms with E-state index in [4.69, 9.17) is 9.47 Å². The highest BCUT2D eigenvalue weighted by molar-refractivity contribution is 9.10. The zero-order chi connectivity index (χ0) is 15.3. The van der Waals surface area contributed by atoms with Crippen molar-refractivity contribution in [2.75, 3.05) is 26.3 Å². The fourth-order valence-corrected chi connectivity index (χ4v) is 3.06. The second-order valence-corrected chi connectivity index (χ2v) is 6.79. The number of benzene rings is 1. The van der Waals surface area contributed by atoms with Gasteiger partial charge in [0.1, 0.15) is 18.5 Å². The van der Waals surface area contributed by atoms with Gasteiger partial charge in [-0.15, -0.1) is 0 Å². The molecule has 1 saturated heterocycles. The lowest BCUT2D eigenvalue weighted by Crippen LogP contribution is -2.41. The molecule has 1 aliphatic heterocycles. The Morgan fingerprint density at radius 2 is 2.33 bits per heavy atom. The van der Waals surface area contributed by atoms with Gasteiger partial charge in [0.2, 0.25) is 0 Å². The molecule has 1 aromatic rings. The lowest BCUT2D eigenvalue weighted by atomic mass is 10.0. The van der Waals surface area contributed by atoms with Crippen LogP contribution in [-0.4, -0.2) is 43.1 Å². The third-order valence-corrected chi connectivity index (χ3v) is 4.32. The van der Waals surface area contributed by atoms with Gasteiger partial charge in [-0.1, -0.05) is 6.07 Å². The molecule has 0 aliphatic carbocycles. The van der Waals surface area contributed by atoms with Crippen molar-refractivity contribution in [3.05, 3.63) is 28.2 Å². The molecular formula is C16H24BrNO3. The molecule has 0 aromatic heterocycles. The summed E-state index contributed by atoms with van der Waals surface area (Å²) < 4.78 is 12.2. The Labute approximate surface area is 135 Å². The molecule has 2 unspecified atom stereocenters. The predicted octanol–water partition coefficient (Wildman–Crippen LogP) is 2.66. The molecule has 0 radical (unpaired) electrons. The van der Waals surface area contributed by atoms with Gasteiger partial charge in [-0.25, -0.2) is 0 Å². The van der Waals surface area contributed by atoms with Crippen molar-refractivity contribution in [2.45, 2.75) is 38.4 Å². The molecule has 1 aromatic carbocycles. The molecule has 2 atom stereocenters. The van der Waals surface area contributed by atoms with Crippen molar-refractivity contribution < 1.29 is 14.6 Å². The van der Waals surface area contributed by atoms with Gasteiger partial charge < -0.3 is 19.9 Å². The molecule has 2 N–H and O–H groups in total. The van der Waals surface area contributed by atoms with Crippen molar-refractivity contribution in [1.82, 2.24) is 5.32 Å². The maximum atomic E-state index is 9.97. The molecule has 1 aliphatic rings. The third kappa shape index (κ3) is 5.25. The molecule has 0 spiro atoms. The van der Waals surface area contributed by atoms with Crippen LogP contribution in [0.4, 0.5) is 0 Å². The lowest BCUT2D eigenvalue weighted by molar-refractivity contribution is 0.0170. The van der Waals surface area contributed by atoms with Gasteiger partial charge in [0.05, 0.1) is 10.1 Å². The van der Waals surface area contributed by atoms with Crippen molar-refractivity contribution in [3.63, 3.8) is 0 Å². The Bertz CT molecular complexity index is 461. The predicted molar refractivity (Wildman–Crippen MR) is 86.8 cm³/mol. The van der Waals surface area contributed by atoms with Crippen molar-refractivity contribution >= 4 is 15.9 Å². The normalized spacial score (nSPS) is 23.2. The zero-order valence-electron chi connectivity index (χ0n) is 12.7. The summed E-state index contributed by atoms with van der Waals surface area (Å²) in [4.78, 5) is 0. The van der Waals surface area contributed by atoms with Crippen LogP contribution in [0.25, 0.3) is 0 Å².